The lowest BCUT2D eigenvalue weighted by Gasteiger charge is -2.21. The van der Waals surface area contributed by atoms with Gasteiger partial charge in [-0.3, -0.25) is 4.79 Å². The number of anilines is 3. The number of carbonyl (C=O) groups is 2. The van der Waals surface area contributed by atoms with E-state index in [1.165, 1.54) is 19.3 Å². The Kier molecular flexibility index (Phi) is 7.95. The number of hydrogen-bond donors (Lipinski definition) is 3. The number of rotatable bonds is 7. The van der Waals surface area contributed by atoms with Crippen molar-refractivity contribution in [3.8, 4) is 17.1 Å². The number of primary amides is 1. The Hall–Kier alpha value is -4.80. The molecule has 0 aliphatic heterocycles. The van der Waals surface area contributed by atoms with Gasteiger partial charge in [-0.2, -0.15) is 0 Å². The molecule has 0 bridgehead atoms. The standard InChI is InChI=1S/C30H34N8O3/c1-30(2,3)20-11-14-26(41-28(31)40)24(17-20)34-27(39)19-9-12-21(13-10-19)33-29-32-16-15-23(35-29)25-18-38(37-36-25)22-7-5-4-6-8-22/h9-18,22H,4-8H2,1-3H3,(H2,31,40)(H,34,39)(H,32,33,35). The molecule has 11 heteroatoms. The van der Waals surface area contributed by atoms with Crippen LogP contribution < -0.4 is 21.1 Å². The molecular weight excluding hydrogens is 520 g/mol. The zero-order chi connectivity index (χ0) is 29.0. The molecule has 2 aromatic carbocycles. The second-order valence-corrected chi connectivity index (χ2v) is 11.2. The van der Waals surface area contributed by atoms with Crippen molar-refractivity contribution >= 4 is 29.3 Å². The van der Waals surface area contributed by atoms with Gasteiger partial charge in [-0.05, 0) is 66.3 Å². The highest BCUT2D eigenvalue weighted by Gasteiger charge is 2.20. The molecule has 11 nitrogen and oxygen atoms in total. The van der Waals surface area contributed by atoms with E-state index in [0.717, 1.165) is 18.4 Å². The molecule has 0 unspecified atom stereocenters. The Labute approximate surface area is 238 Å². The van der Waals surface area contributed by atoms with Gasteiger partial charge in [0.15, 0.2) is 5.75 Å². The van der Waals surface area contributed by atoms with Crippen LogP contribution in [0.2, 0.25) is 0 Å². The van der Waals surface area contributed by atoms with Crippen molar-refractivity contribution in [2.24, 2.45) is 5.73 Å². The molecule has 1 saturated carbocycles. The molecule has 0 spiro atoms. The fourth-order valence-corrected chi connectivity index (χ4v) is 4.80. The molecule has 1 aliphatic carbocycles. The summed E-state index contributed by atoms with van der Waals surface area (Å²) in [5, 5.41) is 14.7. The van der Waals surface area contributed by atoms with Gasteiger partial charge in [-0.25, -0.2) is 19.4 Å². The molecule has 41 heavy (non-hydrogen) atoms. The molecule has 5 rings (SSSR count). The summed E-state index contributed by atoms with van der Waals surface area (Å²) in [6.07, 6.45) is 8.63. The van der Waals surface area contributed by atoms with Gasteiger partial charge in [0, 0.05) is 17.4 Å². The van der Waals surface area contributed by atoms with E-state index in [1.54, 1.807) is 48.7 Å². The first-order valence-electron chi connectivity index (χ1n) is 13.7. The summed E-state index contributed by atoms with van der Waals surface area (Å²) >= 11 is 0. The monoisotopic (exact) mass is 554 g/mol. The average molecular weight is 555 g/mol. The first-order chi connectivity index (χ1) is 19.7. The lowest BCUT2D eigenvalue weighted by Crippen LogP contribution is -2.20. The molecule has 1 aliphatic rings. The van der Waals surface area contributed by atoms with Gasteiger partial charge in [0.25, 0.3) is 5.91 Å². The molecule has 0 saturated heterocycles. The zero-order valence-corrected chi connectivity index (χ0v) is 23.4. The predicted octanol–water partition coefficient (Wildman–Crippen LogP) is 5.99. The van der Waals surface area contributed by atoms with Crippen molar-refractivity contribution in [1.29, 1.82) is 0 Å². The summed E-state index contributed by atoms with van der Waals surface area (Å²) in [5.41, 5.74) is 8.84. The summed E-state index contributed by atoms with van der Waals surface area (Å²) in [6, 6.07) is 14.3. The van der Waals surface area contributed by atoms with E-state index in [0.29, 0.717) is 40.3 Å². The Morgan fingerprint density at radius 1 is 1.00 bits per heavy atom. The van der Waals surface area contributed by atoms with Crippen LogP contribution in [0.1, 0.15) is 74.8 Å². The van der Waals surface area contributed by atoms with E-state index in [-0.39, 0.29) is 17.1 Å². The minimum Gasteiger partial charge on any atom is -0.408 e. The predicted molar refractivity (Wildman–Crippen MR) is 156 cm³/mol. The summed E-state index contributed by atoms with van der Waals surface area (Å²) in [7, 11) is 0. The van der Waals surface area contributed by atoms with E-state index in [9.17, 15) is 9.59 Å². The van der Waals surface area contributed by atoms with Gasteiger partial charge in [-0.15, -0.1) is 5.10 Å². The van der Waals surface area contributed by atoms with Gasteiger partial charge < -0.3 is 21.1 Å². The third-order valence-corrected chi connectivity index (χ3v) is 7.08. The molecule has 212 valence electrons. The van der Waals surface area contributed by atoms with Crippen LogP contribution in [0.5, 0.6) is 5.75 Å². The minimum absolute atomic E-state index is 0.174. The molecule has 2 heterocycles. The lowest BCUT2D eigenvalue weighted by molar-refractivity contribution is 0.102. The topological polar surface area (TPSA) is 150 Å². The Bertz CT molecular complexity index is 1540. The molecule has 2 aromatic heterocycles. The van der Waals surface area contributed by atoms with Gasteiger partial charge in [-0.1, -0.05) is 51.3 Å². The van der Waals surface area contributed by atoms with Crippen LogP contribution >= 0.6 is 0 Å². The van der Waals surface area contributed by atoms with Crippen LogP contribution in [0.4, 0.5) is 22.1 Å². The normalized spacial score (nSPS) is 13.9. The van der Waals surface area contributed by atoms with Crippen molar-refractivity contribution in [2.75, 3.05) is 10.6 Å². The number of nitrogens with one attached hydrogen (secondary N) is 2. The number of aromatic nitrogens is 5. The number of carbonyl (C=O) groups excluding carboxylic acids is 2. The fraction of sp³-hybridized carbons (Fsp3) is 0.333. The molecule has 2 amide bonds. The summed E-state index contributed by atoms with van der Waals surface area (Å²) < 4.78 is 7.05. The zero-order valence-electron chi connectivity index (χ0n) is 23.4. The summed E-state index contributed by atoms with van der Waals surface area (Å²) in [6.45, 7) is 6.15. The Morgan fingerprint density at radius 3 is 2.46 bits per heavy atom. The quantitative estimate of drug-likeness (QED) is 0.252. The second-order valence-electron chi connectivity index (χ2n) is 11.2. The highest BCUT2D eigenvalue weighted by atomic mass is 16.5. The summed E-state index contributed by atoms with van der Waals surface area (Å²) in [4.78, 5) is 33.4. The van der Waals surface area contributed by atoms with Crippen LogP contribution in [-0.4, -0.2) is 37.0 Å². The highest BCUT2D eigenvalue weighted by Crippen LogP contribution is 2.32. The number of hydrogen-bond acceptors (Lipinski definition) is 8. The number of amides is 2. The van der Waals surface area contributed by atoms with Crippen LogP contribution in [0.15, 0.2) is 60.9 Å². The third kappa shape index (κ3) is 6.86. The molecular formula is C30H34N8O3. The molecule has 4 N–H and O–H groups in total. The van der Waals surface area contributed by atoms with Crippen molar-refractivity contribution in [1.82, 2.24) is 25.0 Å². The van der Waals surface area contributed by atoms with Crippen molar-refractivity contribution < 1.29 is 14.3 Å². The maximum Gasteiger partial charge on any atom is 0.410 e. The largest absolute Gasteiger partial charge is 0.410 e. The first-order valence-corrected chi connectivity index (χ1v) is 13.7. The number of ether oxygens (including phenoxy) is 1. The van der Waals surface area contributed by atoms with Crippen LogP contribution in [0, 0.1) is 0 Å². The molecule has 1 fully saturated rings. The van der Waals surface area contributed by atoms with E-state index in [1.807, 2.05) is 16.9 Å². The highest BCUT2D eigenvalue weighted by molar-refractivity contribution is 6.05. The number of nitrogens with two attached hydrogens (primary N) is 1. The van der Waals surface area contributed by atoms with Crippen LogP contribution in [0.25, 0.3) is 11.4 Å². The Balaban J connectivity index is 1.27. The van der Waals surface area contributed by atoms with Gasteiger partial charge in [0.05, 0.1) is 23.6 Å². The second kappa shape index (κ2) is 11.7. The minimum atomic E-state index is -0.959. The van der Waals surface area contributed by atoms with Crippen LogP contribution in [-0.2, 0) is 5.41 Å². The molecule has 0 radical (unpaired) electrons. The van der Waals surface area contributed by atoms with E-state index in [4.69, 9.17) is 10.5 Å². The smallest absolute Gasteiger partial charge is 0.408 e. The first kappa shape index (κ1) is 27.8. The van der Waals surface area contributed by atoms with Crippen molar-refractivity contribution in [3.05, 3.63) is 72.1 Å². The maximum atomic E-state index is 13.1. The average Bonchev–Trinajstić information content (AvgIpc) is 3.45. The summed E-state index contributed by atoms with van der Waals surface area (Å²) in [5.74, 6) is 0.211. The number of benzene rings is 2. The lowest BCUT2D eigenvalue weighted by atomic mass is 9.87. The van der Waals surface area contributed by atoms with Crippen molar-refractivity contribution in [3.63, 3.8) is 0 Å². The third-order valence-electron chi connectivity index (χ3n) is 7.08. The number of nitrogens with zero attached hydrogens (tertiary/aromatic N) is 5. The van der Waals surface area contributed by atoms with Gasteiger partial charge >= 0.3 is 6.09 Å². The van der Waals surface area contributed by atoms with Gasteiger partial charge in [0.1, 0.15) is 5.69 Å². The van der Waals surface area contributed by atoms with E-state index >= 15 is 0 Å². The Morgan fingerprint density at radius 2 is 1.76 bits per heavy atom. The van der Waals surface area contributed by atoms with Crippen LogP contribution in [0.3, 0.4) is 0 Å². The maximum absolute atomic E-state index is 13.1. The molecule has 0 atom stereocenters. The fourth-order valence-electron chi connectivity index (χ4n) is 4.80. The molecule has 4 aromatic rings. The van der Waals surface area contributed by atoms with E-state index < -0.39 is 6.09 Å². The SMILES string of the molecule is CC(C)(C)c1ccc(OC(N)=O)c(NC(=O)c2ccc(Nc3nccc(-c4cn(C5CCCCC5)nn4)n3)cc2)c1. The van der Waals surface area contributed by atoms with Crippen molar-refractivity contribution in [2.45, 2.75) is 64.3 Å². The van der Waals surface area contributed by atoms with Gasteiger partial charge in [0.2, 0.25) is 5.95 Å². The van der Waals surface area contributed by atoms with E-state index in [2.05, 4.69) is 51.7 Å².